The highest BCUT2D eigenvalue weighted by molar-refractivity contribution is 5.93. The lowest BCUT2D eigenvalue weighted by Crippen LogP contribution is -2.36. The fourth-order valence-electron chi connectivity index (χ4n) is 4.00. The van der Waals surface area contributed by atoms with Gasteiger partial charge in [-0.1, -0.05) is 6.07 Å². The second kappa shape index (κ2) is 7.91. The molecular formula is C22H24N6. The molecule has 1 aromatic carbocycles. The number of aromatic nitrogens is 3. The van der Waals surface area contributed by atoms with Gasteiger partial charge in [0, 0.05) is 35.4 Å². The number of nitrogens with zero attached hydrogens (tertiary/aromatic N) is 5. The van der Waals surface area contributed by atoms with Gasteiger partial charge in [0.25, 0.3) is 0 Å². The third-order valence-corrected chi connectivity index (χ3v) is 5.66. The molecule has 0 atom stereocenters. The largest absolute Gasteiger partial charge is 0.367 e. The van der Waals surface area contributed by atoms with E-state index in [1.54, 1.807) is 18.7 Å². The van der Waals surface area contributed by atoms with Crippen molar-refractivity contribution in [2.75, 3.05) is 19.4 Å². The lowest BCUT2D eigenvalue weighted by Gasteiger charge is -2.33. The van der Waals surface area contributed by atoms with E-state index >= 15 is 0 Å². The summed E-state index contributed by atoms with van der Waals surface area (Å²) in [6.07, 6.45) is 9.59. The van der Waals surface area contributed by atoms with Gasteiger partial charge in [0.05, 0.1) is 11.1 Å². The van der Waals surface area contributed by atoms with Crippen LogP contribution >= 0.6 is 0 Å². The smallest absolute Gasteiger partial charge is 0.137 e. The van der Waals surface area contributed by atoms with Gasteiger partial charge in [-0.2, -0.15) is 5.26 Å². The fourth-order valence-corrected chi connectivity index (χ4v) is 4.00. The number of benzene rings is 1. The maximum atomic E-state index is 9.39. The lowest BCUT2D eigenvalue weighted by atomic mass is 9.90. The Morgan fingerprint density at radius 2 is 1.93 bits per heavy atom. The highest BCUT2D eigenvalue weighted by atomic mass is 15.1. The predicted molar refractivity (Wildman–Crippen MR) is 111 cm³/mol. The molecule has 1 fully saturated rings. The van der Waals surface area contributed by atoms with Crippen LogP contribution in [0.1, 0.15) is 31.2 Å². The van der Waals surface area contributed by atoms with Crippen molar-refractivity contribution in [2.24, 2.45) is 0 Å². The summed E-state index contributed by atoms with van der Waals surface area (Å²) in [6.45, 7) is 0. The molecule has 6 nitrogen and oxygen atoms in total. The Kier molecular flexibility index (Phi) is 5.18. The number of hydrogen-bond acceptors (Lipinski definition) is 6. The molecule has 0 bridgehead atoms. The summed E-state index contributed by atoms with van der Waals surface area (Å²) in [6, 6.07) is 11.2. The molecule has 6 heteroatoms. The first-order valence-electron chi connectivity index (χ1n) is 9.68. The van der Waals surface area contributed by atoms with E-state index in [2.05, 4.69) is 51.4 Å². The normalized spacial score (nSPS) is 19.5. The average Bonchev–Trinajstić information content (AvgIpc) is 2.74. The minimum absolute atomic E-state index is 0.425. The second-order valence-electron chi connectivity index (χ2n) is 7.60. The maximum absolute atomic E-state index is 9.39. The number of nitrogens with one attached hydrogen (secondary N) is 1. The molecule has 1 N–H and O–H groups in total. The zero-order valence-corrected chi connectivity index (χ0v) is 16.3. The van der Waals surface area contributed by atoms with Crippen LogP contribution in [0.25, 0.3) is 22.0 Å². The summed E-state index contributed by atoms with van der Waals surface area (Å²) in [7, 11) is 4.32. The van der Waals surface area contributed by atoms with E-state index in [4.69, 9.17) is 0 Å². The van der Waals surface area contributed by atoms with Crippen LogP contribution in [0.4, 0.5) is 5.82 Å². The molecule has 2 aromatic heterocycles. The standard InChI is InChI=1S/C22H24N6/c1-28(2)18-6-4-17(5-7-18)27-22-20-11-15(3-8-21(20)25-14-26-22)19-9-10-24-13-16(19)12-23/h3,8-11,13-14,17-18H,4-7H2,1-2H3,(H,25,26,27). The number of nitriles is 1. The van der Waals surface area contributed by atoms with E-state index in [0.717, 1.165) is 40.7 Å². The van der Waals surface area contributed by atoms with Crippen molar-refractivity contribution in [2.45, 2.75) is 37.8 Å². The molecule has 1 saturated carbocycles. The average molecular weight is 372 g/mol. The molecule has 0 amide bonds. The molecular weight excluding hydrogens is 348 g/mol. The van der Waals surface area contributed by atoms with E-state index in [0.29, 0.717) is 17.6 Å². The van der Waals surface area contributed by atoms with Crippen molar-refractivity contribution in [1.29, 1.82) is 5.26 Å². The van der Waals surface area contributed by atoms with Gasteiger partial charge in [0.1, 0.15) is 18.2 Å². The lowest BCUT2D eigenvalue weighted by molar-refractivity contribution is 0.221. The van der Waals surface area contributed by atoms with Crippen molar-refractivity contribution in [3.8, 4) is 17.2 Å². The van der Waals surface area contributed by atoms with E-state index in [1.165, 1.54) is 12.8 Å². The number of fused-ring (bicyclic) bond motifs is 1. The van der Waals surface area contributed by atoms with E-state index in [-0.39, 0.29) is 0 Å². The van der Waals surface area contributed by atoms with E-state index in [1.807, 2.05) is 18.2 Å². The first kappa shape index (κ1) is 18.3. The van der Waals surface area contributed by atoms with Crippen LogP contribution in [0.2, 0.25) is 0 Å². The maximum Gasteiger partial charge on any atom is 0.137 e. The zero-order chi connectivity index (χ0) is 19.5. The topological polar surface area (TPSA) is 77.7 Å². The number of anilines is 1. The van der Waals surface area contributed by atoms with Crippen molar-refractivity contribution in [3.05, 3.63) is 48.5 Å². The summed E-state index contributed by atoms with van der Waals surface area (Å²) < 4.78 is 0. The van der Waals surface area contributed by atoms with Crippen LogP contribution in [0.5, 0.6) is 0 Å². The Labute approximate surface area is 165 Å². The van der Waals surface area contributed by atoms with Gasteiger partial charge in [-0.25, -0.2) is 9.97 Å². The van der Waals surface area contributed by atoms with Crippen LogP contribution < -0.4 is 5.32 Å². The third-order valence-electron chi connectivity index (χ3n) is 5.66. The second-order valence-corrected chi connectivity index (χ2v) is 7.60. The Balaban J connectivity index is 1.64. The molecule has 1 aliphatic rings. The fraction of sp³-hybridized carbons (Fsp3) is 0.364. The summed E-state index contributed by atoms with van der Waals surface area (Å²) >= 11 is 0. The Bertz CT molecular complexity index is 1010. The molecule has 142 valence electrons. The zero-order valence-electron chi connectivity index (χ0n) is 16.3. The van der Waals surface area contributed by atoms with Gasteiger partial charge in [0.15, 0.2) is 0 Å². The van der Waals surface area contributed by atoms with Gasteiger partial charge < -0.3 is 10.2 Å². The Morgan fingerprint density at radius 3 is 2.68 bits per heavy atom. The molecule has 28 heavy (non-hydrogen) atoms. The molecule has 0 saturated heterocycles. The number of pyridine rings is 1. The molecule has 1 aliphatic carbocycles. The van der Waals surface area contributed by atoms with E-state index in [9.17, 15) is 5.26 Å². The first-order chi connectivity index (χ1) is 13.7. The molecule has 3 aromatic rings. The molecule has 2 heterocycles. The Morgan fingerprint density at radius 1 is 1.11 bits per heavy atom. The van der Waals surface area contributed by atoms with Gasteiger partial charge in [0.2, 0.25) is 0 Å². The summed E-state index contributed by atoms with van der Waals surface area (Å²) in [5.74, 6) is 0.868. The third kappa shape index (κ3) is 3.67. The minimum Gasteiger partial charge on any atom is -0.367 e. The first-order valence-corrected chi connectivity index (χ1v) is 9.68. The van der Waals surface area contributed by atoms with E-state index < -0.39 is 0 Å². The molecule has 0 aliphatic heterocycles. The van der Waals surface area contributed by atoms with Crippen molar-refractivity contribution in [1.82, 2.24) is 19.9 Å². The van der Waals surface area contributed by atoms with Crippen molar-refractivity contribution >= 4 is 16.7 Å². The minimum atomic E-state index is 0.425. The Hall–Kier alpha value is -3.04. The summed E-state index contributed by atoms with van der Waals surface area (Å²) in [5, 5.41) is 14.0. The monoisotopic (exact) mass is 372 g/mol. The van der Waals surface area contributed by atoms with Gasteiger partial charge in [-0.05, 0) is 63.5 Å². The molecule has 0 radical (unpaired) electrons. The van der Waals surface area contributed by atoms with Crippen molar-refractivity contribution < 1.29 is 0 Å². The van der Waals surface area contributed by atoms with Crippen LogP contribution in [0.15, 0.2) is 43.0 Å². The summed E-state index contributed by atoms with van der Waals surface area (Å²) in [5.41, 5.74) is 3.31. The number of rotatable bonds is 4. The van der Waals surface area contributed by atoms with Crippen LogP contribution in [0, 0.1) is 11.3 Å². The highest BCUT2D eigenvalue weighted by Crippen LogP contribution is 2.30. The molecule has 0 spiro atoms. The van der Waals surface area contributed by atoms with Crippen molar-refractivity contribution in [3.63, 3.8) is 0 Å². The number of hydrogen-bond donors (Lipinski definition) is 1. The molecule has 0 unspecified atom stereocenters. The SMILES string of the molecule is CN(C)C1CCC(Nc2ncnc3ccc(-c4ccncc4C#N)cc23)CC1. The van der Waals surface area contributed by atoms with Crippen LogP contribution in [0.3, 0.4) is 0 Å². The van der Waals surface area contributed by atoms with Crippen LogP contribution in [-0.2, 0) is 0 Å². The highest BCUT2D eigenvalue weighted by Gasteiger charge is 2.23. The van der Waals surface area contributed by atoms with Gasteiger partial charge in [-0.3, -0.25) is 4.98 Å². The summed E-state index contributed by atoms with van der Waals surface area (Å²) in [4.78, 5) is 15.3. The quantitative estimate of drug-likeness (QED) is 0.749. The van der Waals surface area contributed by atoms with Gasteiger partial charge in [-0.15, -0.1) is 0 Å². The molecule has 4 rings (SSSR count). The van der Waals surface area contributed by atoms with Crippen LogP contribution in [-0.4, -0.2) is 46.0 Å². The van der Waals surface area contributed by atoms with Gasteiger partial charge >= 0.3 is 0 Å². The predicted octanol–water partition coefficient (Wildman–Crippen LogP) is 3.85.